The number of methoxy groups -OCH3 is 1. The Morgan fingerprint density at radius 1 is 1.21 bits per heavy atom. The molecule has 0 saturated heterocycles. The van der Waals surface area contributed by atoms with Crippen molar-refractivity contribution in [3.63, 3.8) is 0 Å². The summed E-state index contributed by atoms with van der Waals surface area (Å²) in [5.41, 5.74) is 3.09. The number of alkyl halides is 1. The van der Waals surface area contributed by atoms with E-state index in [0.29, 0.717) is 5.88 Å². The highest BCUT2D eigenvalue weighted by atomic mass is 35.5. The Kier molecular flexibility index (Phi) is 4.27. The van der Waals surface area contributed by atoms with Crippen molar-refractivity contribution in [1.29, 1.82) is 0 Å². The molecule has 0 spiro atoms. The van der Waals surface area contributed by atoms with Gasteiger partial charge in [0.1, 0.15) is 11.6 Å². The van der Waals surface area contributed by atoms with Gasteiger partial charge in [0.25, 0.3) is 0 Å². The molecule has 2 aromatic rings. The van der Waals surface area contributed by atoms with Gasteiger partial charge in [0, 0.05) is 24.3 Å². The van der Waals surface area contributed by atoms with Gasteiger partial charge in [-0.05, 0) is 48.9 Å². The number of benzene rings is 1. The van der Waals surface area contributed by atoms with Crippen LogP contribution < -0.4 is 9.64 Å². The van der Waals surface area contributed by atoms with Crippen molar-refractivity contribution < 1.29 is 4.74 Å². The van der Waals surface area contributed by atoms with E-state index in [9.17, 15) is 0 Å². The molecule has 0 aliphatic rings. The van der Waals surface area contributed by atoms with Crippen LogP contribution in [0.15, 0.2) is 36.4 Å². The van der Waals surface area contributed by atoms with E-state index in [0.717, 1.165) is 28.5 Å². The van der Waals surface area contributed by atoms with Crippen LogP contribution in [0, 0.1) is 6.92 Å². The highest BCUT2D eigenvalue weighted by Crippen LogP contribution is 2.25. The number of halogens is 1. The van der Waals surface area contributed by atoms with Gasteiger partial charge in [-0.1, -0.05) is 0 Å². The standard InChI is InChI=1S/C15H17ClN2O/c1-11-8-12(10-16)9-15(17-11)18(2)13-4-6-14(19-3)7-5-13/h4-9H,10H2,1-3H3. The normalized spacial score (nSPS) is 10.3. The fraction of sp³-hybridized carbons (Fsp3) is 0.267. The van der Waals surface area contributed by atoms with E-state index >= 15 is 0 Å². The second-order valence-corrected chi connectivity index (χ2v) is 4.63. The predicted molar refractivity (Wildman–Crippen MR) is 79.6 cm³/mol. The Morgan fingerprint density at radius 3 is 2.47 bits per heavy atom. The molecule has 0 amide bonds. The van der Waals surface area contributed by atoms with Crippen LogP contribution in [0.1, 0.15) is 11.3 Å². The van der Waals surface area contributed by atoms with Gasteiger partial charge in [0.15, 0.2) is 0 Å². The van der Waals surface area contributed by atoms with Gasteiger partial charge in [-0.2, -0.15) is 0 Å². The maximum atomic E-state index is 5.90. The molecule has 19 heavy (non-hydrogen) atoms. The summed E-state index contributed by atoms with van der Waals surface area (Å²) in [6, 6.07) is 11.9. The summed E-state index contributed by atoms with van der Waals surface area (Å²) in [7, 11) is 3.65. The first-order valence-electron chi connectivity index (χ1n) is 6.05. The highest BCUT2D eigenvalue weighted by molar-refractivity contribution is 6.17. The Bertz CT molecular complexity index is 555. The Labute approximate surface area is 118 Å². The lowest BCUT2D eigenvalue weighted by atomic mass is 10.2. The molecule has 0 N–H and O–H groups in total. The van der Waals surface area contributed by atoms with Crippen LogP contribution in [0.4, 0.5) is 11.5 Å². The summed E-state index contributed by atoms with van der Waals surface area (Å²) in [5.74, 6) is 2.23. The quantitative estimate of drug-likeness (QED) is 0.792. The molecule has 0 aliphatic heterocycles. The Balaban J connectivity index is 2.31. The van der Waals surface area contributed by atoms with Gasteiger partial charge >= 0.3 is 0 Å². The lowest BCUT2D eigenvalue weighted by Gasteiger charge is -2.19. The molecule has 1 aromatic heterocycles. The first-order valence-corrected chi connectivity index (χ1v) is 6.59. The number of hydrogen-bond donors (Lipinski definition) is 0. The van der Waals surface area contributed by atoms with E-state index in [-0.39, 0.29) is 0 Å². The summed E-state index contributed by atoms with van der Waals surface area (Å²) >= 11 is 5.90. The molecule has 0 saturated carbocycles. The van der Waals surface area contributed by atoms with Crippen molar-refractivity contribution in [2.75, 3.05) is 19.1 Å². The third-order valence-corrected chi connectivity index (χ3v) is 3.27. The van der Waals surface area contributed by atoms with Crippen molar-refractivity contribution in [2.24, 2.45) is 0 Å². The molecule has 0 aliphatic carbocycles. The Hall–Kier alpha value is -1.74. The van der Waals surface area contributed by atoms with Crippen molar-refractivity contribution >= 4 is 23.1 Å². The van der Waals surface area contributed by atoms with Gasteiger partial charge in [-0.25, -0.2) is 4.98 Å². The summed E-state index contributed by atoms with van der Waals surface area (Å²) < 4.78 is 5.16. The van der Waals surface area contributed by atoms with Crippen molar-refractivity contribution in [1.82, 2.24) is 4.98 Å². The van der Waals surface area contributed by atoms with Crippen LogP contribution in [0.5, 0.6) is 5.75 Å². The van der Waals surface area contributed by atoms with Crippen molar-refractivity contribution in [3.05, 3.63) is 47.7 Å². The minimum Gasteiger partial charge on any atom is -0.497 e. The molecule has 3 nitrogen and oxygen atoms in total. The van der Waals surface area contributed by atoms with E-state index in [4.69, 9.17) is 16.3 Å². The van der Waals surface area contributed by atoms with E-state index in [2.05, 4.69) is 4.98 Å². The van der Waals surface area contributed by atoms with Crippen molar-refractivity contribution in [3.8, 4) is 5.75 Å². The number of pyridine rings is 1. The lowest BCUT2D eigenvalue weighted by Crippen LogP contribution is -2.12. The van der Waals surface area contributed by atoms with Gasteiger partial charge in [-0.15, -0.1) is 11.6 Å². The number of anilines is 2. The zero-order valence-corrected chi connectivity index (χ0v) is 12.1. The van der Waals surface area contributed by atoms with Gasteiger partial charge < -0.3 is 9.64 Å². The maximum Gasteiger partial charge on any atom is 0.133 e. The van der Waals surface area contributed by atoms with Crippen LogP contribution in [-0.2, 0) is 5.88 Å². The third kappa shape index (κ3) is 3.18. The number of nitrogens with zero attached hydrogens (tertiary/aromatic N) is 2. The number of hydrogen-bond acceptors (Lipinski definition) is 3. The van der Waals surface area contributed by atoms with Gasteiger partial charge in [0.05, 0.1) is 7.11 Å². The van der Waals surface area contributed by atoms with Crippen LogP contribution in [0.3, 0.4) is 0 Å². The summed E-state index contributed by atoms with van der Waals surface area (Å²) in [4.78, 5) is 6.57. The largest absolute Gasteiger partial charge is 0.497 e. The molecule has 0 radical (unpaired) electrons. The zero-order valence-electron chi connectivity index (χ0n) is 11.4. The summed E-state index contributed by atoms with van der Waals surface area (Å²) in [6.07, 6.45) is 0. The average molecular weight is 277 g/mol. The Morgan fingerprint density at radius 2 is 1.89 bits per heavy atom. The zero-order chi connectivity index (χ0) is 13.8. The molecule has 0 fully saturated rings. The van der Waals surface area contributed by atoms with Gasteiger partial charge in [-0.3, -0.25) is 0 Å². The van der Waals surface area contributed by atoms with E-state index in [1.165, 1.54) is 0 Å². The summed E-state index contributed by atoms with van der Waals surface area (Å²) in [6.45, 7) is 1.97. The predicted octanol–water partition coefficient (Wildman–Crippen LogP) is 3.91. The van der Waals surface area contributed by atoms with Crippen LogP contribution in [0.2, 0.25) is 0 Å². The van der Waals surface area contributed by atoms with Crippen molar-refractivity contribution in [2.45, 2.75) is 12.8 Å². The molecule has 0 bridgehead atoms. The number of aromatic nitrogens is 1. The molecule has 4 heteroatoms. The molecular weight excluding hydrogens is 260 g/mol. The molecule has 1 heterocycles. The molecule has 0 atom stereocenters. The number of aryl methyl sites for hydroxylation is 1. The summed E-state index contributed by atoms with van der Waals surface area (Å²) in [5, 5.41) is 0. The first-order chi connectivity index (χ1) is 9.13. The molecule has 100 valence electrons. The lowest BCUT2D eigenvalue weighted by molar-refractivity contribution is 0.415. The van der Waals surface area contributed by atoms with Crippen LogP contribution in [0.25, 0.3) is 0 Å². The average Bonchev–Trinajstić information content (AvgIpc) is 2.46. The number of rotatable bonds is 4. The topological polar surface area (TPSA) is 25.4 Å². The maximum absolute atomic E-state index is 5.90. The molecular formula is C15H17ClN2O. The smallest absolute Gasteiger partial charge is 0.133 e. The van der Waals surface area contributed by atoms with E-state index in [1.807, 2.05) is 55.3 Å². The fourth-order valence-corrected chi connectivity index (χ4v) is 2.06. The van der Waals surface area contributed by atoms with E-state index in [1.54, 1.807) is 7.11 Å². The fourth-order valence-electron chi connectivity index (χ4n) is 1.91. The second kappa shape index (κ2) is 5.93. The minimum absolute atomic E-state index is 0.493. The second-order valence-electron chi connectivity index (χ2n) is 4.37. The molecule has 1 aromatic carbocycles. The monoisotopic (exact) mass is 276 g/mol. The molecule has 2 rings (SSSR count). The highest BCUT2D eigenvalue weighted by Gasteiger charge is 2.07. The van der Waals surface area contributed by atoms with E-state index < -0.39 is 0 Å². The minimum atomic E-state index is 0.493. The first kappa shape index (κ1) is 13.7. The van der Waals surface area contributed by atoms with Crippen LogP contribution in [-0.4, -0.2) is 19.1 Å². The SMILES string of the molecule is COc1ccc(N(C)c2cc(CCl)cc(C)n2)cc1. The molecule has 0 unspecified atom stereocenters. The third-order valence-electron chi connectivity index (χ3n) is 2.96. The van der Waals surface area contributed by atoms with Gasteiger partial charge in [0.2, 0.25) is 0 Å². The van der Waals surface area contributed by atoms with Crippen LogP contribution >= 0.6 is 11.6 Å². The number of ether oxygens (including phenoxy) is 1.